The van der Waals surface area contributed by atoms with Crippen LogP contribution in [0.5, 0.6) is 0 Å². The van der Waals surface area contributed by atoms with E-state index in [1.165, 1.54) is 12.3 Å². The Morgan fingerprint density at radius 2 is 2.36 bits per heavy atom. The van der Waals surface area contributed by atoms with Crippen molar-refractivity contribution in [2.24, 2.45) is 0 Å². The molecule has 78 valence electrons. The predicted molar refractivity (Wildman–Crippen MR) is 50.3 cm³/mol. The number of H-pyrrole nitrogens is 1. The summed E-state index contributed by atoms with van der Waals surface area (Å²) >= 11 is 0. The molecule has 0 saturated carbocycles. The van der Waals surface area contributed by atoms with Crippen molar-refractivity contribution in [3.8, 4) is 0 Å². The molecule has 1 unspecified atom stereocenters. The van der Waals surface area contributed by atoms with Gasteiger partial charge in [-0.1, -0.05) is 0 Å². The fourth-order valence-corrected chi connectivity index (χ4v) is 1.91. The summed E-state index contributed by atoms with van der Waals surface area (Å²) in [5.41, 5.74) is 0.0196. The van der Waals surface area contributed by atoms with E-state index in [1.54, 1.807) is 6.07 Å². The Balaban J connectivity index is 2.01. The first-order chi connectivity index (χ1) is 6.68. The molecule has 2 rings (SSSR count). The maximum absolute atomic E-state index is 13.6. The maximum atomic E-state index is 13.6. The van der Waals surface area contributed by atoms with Crippen LogP contribution in [0.2, 0.25) is 0 Å². The molecule has 1 atom stereocenters. The molecule has 14 heavy (non-hydrogen) atoms. The third kappa shape index (κ3) is 1.95. The number of hydrogen-bond acceptors (Lipinski definition) is 1. The van der Waals surface area contributed by atoms with Crippen LogP contribution >= 0.6 is 0 Å². The molecule has 0 aromatic carbocycles. The number of halogens is 2. The van der Waals surface area contributed by atoms with Crippen LogP contribution in [0.15, 0.2) is 18.3 Å². The van der Waals surface area contributed by atoms with Crippen LogP contribution in [0.25, 0.3) is 0 Å². The van der Waals surface area contributed by atoms with Gasteiger partial charge in [-0.2, -0.15) is 8.78 Å². The molecule has 2 N–H and O–H groups in total. The number of alkyl halides is 2. The fraction of sp³-hybridized carbons (Fsp3) is 0.600. The van der Waals surface area contributed by atoms with Crippen LogP contribution in [-0.4, -0.2) is 17.6 Å². The van der Waals surface area contributed by atoms with Crippen molar-refractivity contribution in [3.05, 3.63) is 24.0 Å². The summed E-state index contributed by atoms with van der Waals surface area (Å²) in [6.45, 7) is 0.867. The molecule has 1 aliphatic heterocycles. The summed E-state index contributed by atoms with van der Waals surface area (Å²) in [7, 11) is 0. The molecule has 1 aromatic rings. The monoisotopic (exact) mass is 200 g/mol. The Bertz CT molecular complexity index is 276. The van der Waals surface area contributed by atoms with E-state index < -0.39 is 5.92 Å². The molecule has 1 fully saturated rings. The van der Waals surface area contributed by atoms with Crippen molar-refractivity contribution in [2.75, 3.05) is 6.54 Å². The standard InChI is InChI=1S/C10H14F2N2/c11-10(12,9-4-2-6-14-9)7-8-3-1-5-13-8/h2,4,6,8,13-14H,1,3,5,7H2. The zero-order valence-electron chi connectivity index (χ0n) is 7.89. The van der Waals surface area contributed by atoms with E-state index in [-0.39, 0.29) is 18.2 Å². The second kappa shape index (κ2) is 3.69. The molecular weight excluding hydrogens is 186 g/mol. The smallest absolute Gasteiger partial charge is 0.289 e. The summed E-state index contributed by atoms with van der Waals surface area (Å²) in [5.74, 6) is -2.73. The van der Waals surface area contributed by atoms with Gasteiger partial charge < -0.3 is 10.3 Å². The quantitative estimate of drug-likeness (QED) is 0.769. The molecule has 1 aromatic heterocycles. The van der Waals surface area contributed by atoms with Crippen LogP contribution in [0.4, 0.5) is 8.78 Å². The molecule has 0 spiro atoms. The molecule has 2 heterocycles. The van der Waals surface area contributed by atoms with Crippen LogP contribution in [0.3, 0.4) is 0 Å². The molecule has 0 aliphatic carbocycles. The van der Waals surface area contributed by atoms with Gasteiger partial charge in [0, 0.05) is 18.7 Å². The summed E-state index contributed by atoms with van der Waals surface area (Å²) < 4.78 is 27.1. The third-order valence-corrected chi connectivity index (χ3v) is 2.66. The lowest BCUT2D eigenvalue weighted by Crippen LogP contribution is -2.29. The zero-order valence-corrected chi connectivity index (χ0v) is 7.89. The summed E-state index contributed by atoms with van der Waals surface area (Å²) in [6, 6.07) is 3.01. The second-order valence-electron chi connectivity index (χ2n) is 3.79. The maximum Gasteiger partial charge on any atom is 0.289 e. The highest BCUT2D eigenvalue weighted by Gasteiger charge is 2.36. The number of rotatable bonds is 3. The fourth-order valence-electron chi connectivity index (χ4n) is 1.91. The Labute approximate surface area is 81.7 Å². The molecule has 4 heteroatoms. The highest BCUT2D eigenvalue weighted by Crippen LogP contribution is 2.33. The average molecular weight is 200 g/mol. The lowest BCUT2D eigenvalue weighted by molar-refractivity contribution is -0.0251. The first-order valence-electron chi connectivity index (χ1n) is 4.93. The largest absolute Gasteiger partial charge is 0.360 e. The highest BCUT2D eigenvalue weighted by atomic mass is 19.3. The van der Waals surface area contributed by atoms with E-state index in [1.807, 2.05) is 0 Å². The SMILES string of the molecule is FC(F)(CC1CCCN1)c1ccc[nH]1. The van der Waals surface area contributed by atoms with E-state index in [0.717, 1.165) is 19.4 Å². The normalized spacial score (nSPS) is 22.9. The van der Waals surface area contributed by atoms with Crippen LogP contribution in [0.1, 0.15) is 25.0 Å². The Morgan fingerprint density at radius 1 is 1.50 bits per heavy atom. The molecule has 1 aliphatic rings. The molecule has 0 bridgehead atoms. The van der Waals surface area contributed by atoms with E-state index >= 15 is 0 Å². The Kier molecular flexibility index (Phi) is 2.54. The molecular formula is C10H14F2N2. The summed E-state index contributed by atoms with van der Waals surface area (Å²) in [4.78, 5) is 2.57. The predicted octanol–water partition coefficient (Wildman–Crippen LogP) is 2.25. The topological polar surface area (TPSA) is 27.8 Å². The van der Waals surface area contributed by atoms with E-state index in [4.69, 9.17) is 0 Å². The number of aromatic nitrogens is 1. The minimum Gasteiger partial charge on any atom is -0.360 e. The van der Waals surface area contributed by atoms with Gasteiger partial charge in [0.2, 0.25) is 0 Å². The number of aromatic amines is 1. The minimum atomic E-state index is -2.73. The van der Waals surface area contributed by atoms with E-state index in [9.17, 15) is 8.78 Å². The highest BCUT2D eigenvalue weighted by molar-refractivity contribution is 5.11. The average Bonchev–Trinajstić information content (AvgIpc) is 2.71. The second-order valence-corrected chi connectivity index (χ2v) is 3.79. The molecule has 2 nitrogen and oxygen atoms in total. The lowest BCUT2D eigenvalue weighted by atomic mass is 10.0. The van der Waals surface area contributed by atoms with Gasteiger partial charge in [0.25, 0.3) is 5.92 Å². The number of hydrogen-bond donors (Lipinski definition) is 2. The van der Waals surface area contributed by atoms with Gasteiger partial charge in [-0.05, 0) is 31.5 Å². The molecule has 0 radical (unpaired) electrons. The van der Waals surface area contributed by atoms with Crippen molar-refractivity contribution < 1.29 is 8.78 Å². The van der Waals surface area contributed by atoms with E-state index in [0.29, 0.717) is 0 Å². The third-order valence-electron chi connectivity index (χ3n) is 2.66. The van der Waals surface area contributed by atoms with Crippen molar-refractivity contribution >= 4 is 0 Å². The molecule has 1 saturated heterocycles. The van der Waals surface area contributed by atoms with Crippen LogP contribution in [0, 0.1) is 0 Å². The Morgan fingerprint density at radius 3 is 2.93 bits per heavy atom. The minimum absolute atomic E-state index is 0.0196. The Hall–Kier alpha value is -0.900. The number of nitrogens with one attached hydrogen (secondary N) is 2. The van der Waals surface area contributed by atoms with Crippen LogP contribution < -0.4 is 5.32 Å². The summed E-state index contributed by atoms with van der Waals surface area (Å²) in [6.07, 6.45) is 3.29. The van der Waals surface area contributed by atoms with Crippen molar-refractivity contribution in [1.82, 2.24) is 10.3 Å². The van der Waals surface area contributed by atoms with Gasteiger partial charge in [-0.25, -0.2) is 0 Å². The van der Waals surface area contributed by atoms with Crippen LogP contribution in [-0.2, 0) is 5.92 Å². The van der Waals surface area contributed by atoms with Gasteiger partial charge in [0.15, 0.2) is 0 Å². The first kappa shape index (κ1) is 9.65. The van der Waals surface area contributed by atoms with E-state index in [2.05, 4.69) is 10.3 Å². The zero-order chi connectivity index (χ0) is 10.0. The van der Waals surface area contributed by atoms with Gasteiger partial charge >= 0.3 is 0 Å². The van der Waals surface area contributed by atoms with Gasteiger partial charge in [-0.3, -0.25) is 0 Å². The first-order valence-corrected chi connectivity index (χ1v) is 4.93. The van der Waals surface area contributed by atoms with Gasteiger partial charge in [-0.15, -0.1) is 0 Å². The lowest BCUT2D eigenvalue weighted by Gasteiger charge is -2.19. The van der Waals surface area contributed by atoms with Crippen molar-refractivity contribution in [1.29, 1.82) is 0 Å². The summed E-state index contributed by atoms with van der Waals surface area (Å²) in [5, 5.41) is 3.08. The van der Waals surface area contributed by atoms with Crippen molar-refractivity contribution in [3.63, 3.8) is 0 Å². The van der Waals surface area contributed by atoms with Gasteiger partial charge in [0.05, 0.1) is 5.69 Å². The van der Waals surface area contributed by atoms with Gasteiger partial charge in [0.1, 0.15) is 0 Å². The van der Waals surface area contributed by atoms with Crippen molar-refractivity contribution in [2.45, 2.75) is 31.2 Å². The molecule has 0 amide bonds.